The first-order valence-corrected chi connectivity index (χ1v) is 7.97. The van der Waals surface area contributed by atoms with Gasteiger partial charge in [-0.3, -0.25) is 0 Å². The predicted molar refractivity (Wildman–Crippen MR) is 80.9 cm³/mol. The summed E-state index contributed by atoms with van der Waals surface area (Å²) < 4.78 is 8.62. The van der Waals surface area contributed by atoms with Crippen molar-refractivity contribution in [2.75, 3.05) is 0 Å². The minimum absolute atomic E-state index is 0.00358. The van der Waals surface area contributed by atoms with Crippen LogP contribution in [0.4, 0.5) is 0 Å². The monoisotopic (exact) mass is 273 g/mol. The Bertz CT molecular complexity index is 590. The molecule has 0 bridgehead atoms. The van der Waals surface area contributed by atoms with E-state index >= 15 is 0 Å². The third-order valence-corrected chi connectivity index (χ3v) is 4.57. The molecule has 0 spiro atoms. The number of benzene rings is 1. The number of hydrogen-bond donors (Lipinski definition) is 1. The Morgan fingerprint density at radius 2 is 2.05 bits per heavy atom. The summed E-state index contributed by atoms with van der Waals surface area (Å²) >= 11 is 0. The second-order valence-corrected chi connectivity index (χ2v) is 5.98. The zero-order valence-electron chi connectivity index (χ0n) is 12.6. The van der Waals surface area contributed by atoms with E-state index in [-0.39, 0.29) is 5.60 Å². The first-order chi connectivity index (χ1) is 9.78. The van der Waals surface area contributed by atoms with Crippen LogP contribution < -0.4 is 9.30 Å². The van der Waals surface area contributed by atoms with Gasteiger partial charge in [-0.15, -0.1) is 0 Å². The highest BCUT2D eigenvalue weighted by atomic mass is 16.5. The zero-order valence-corrected chi connectivity index (χ0v) is 12.6. The molecule has 0 radical (unpaired) electrons. The summed E-state index contributed by atoms with van der Waals surface area (Å²) in [6.07, 6.45) is 7.45. The quantitative estimate of drug-likeness (QED) is 0.626. The summed E-state index contributed by atoms with van der Waals surface area (Å²) in [4.78, 5) is 3.41. The van der Waals surface area contributed by atoms with Crippen molar-refractivity contribution in [1.29, 1.82) is 0 Å². The van der Waals surface area contributed by atoms with Crippen LogP contribution >= 0.6 is 0 Å². The molecule has 2 heterocycles. The Labute approximate surface area is 121 Å². The van der Waals surface area contributed by atoms with Crippen LogP contribution in [0.2, 0.25) is 0 Å². The van der Waals surface area contributed by atoms with E-state index in [1.807, 2.05) is 0 Å². The number of nitrogens with zero attached hydrogens (tertiary/aromatic N) is 1. The molecule has 1 unspecified atom stereocenters. The van der Waals surface area contributed by atoms with Gasteiger partial charge in [0, 0.05) is 0 Å². The number of hydrogen-bond acceptors (Lipinski definition) is 1. The number of fused-ring (bicyclic) bond motifs is 3. The molecule has 108 valence electrons. The van der Waals surface area contributed by atoms with Crippen molar-refractivity contribution in [3.8, 4) is 6.01 Å². The van der Waals surface area contributed by atoms with Crippen LogP contribution in [0.15, 0.2) is 24.3 Å². The number of nitrogens with one attached hydrogen (secondary N) is 1. The van der Waals surface area contributed by atoms with E-state index in [0.717, 1.165) is 30.9 Å². The maximum Gasteiger partial charge on any atom is 0.455 e. The summed E-state index contributed by atoms with van der Waals surface area (Å²) in [5, 5.41) is 0. The van der Waals surface area contributed by atoms with Gasteiger partial charge in [-0.05, 0) is 31.4 Å². The standard InChI is InChI=1S/C17H24N2O/c1-3-5-6-9-12-17(4-2)13-19-15-11-8-7-10-14(15)18-16(19)20-17/h7-8,10-11H,3-6,9,12-13H2,1-2H3/p+1. The third kappa shape index (κ3) is 2.30. The molecule has 1 N–H and O–H groups in total. The maximum atomic E-state index is 6.32. The van der Waals surface area contributed by atoms with Gasteiger partial charge in [-0.1, -0.05) is 45.2 Å². The average molecular weight is 273 g/mol. The second kappa shape index (κ2) is 5.47. The van der Waals surface area contributed by atoms with E-state index in [4.69, 9.17) is 4.74 Å². The minimum Gasteiger partial charge on any atom is -0.420 e. The number of aromatic nitrogens is 2. The molecule has 1 aromatic carbocycles. The van der Waals surface area contributed by atoms with Gasteiger partial charge in [0.2, 0.25) is 0 Å². The van der Waals surface area contributed by atoms with E-state index in [2.05, 4.69) is 47.7 Å². The van der Waals surface area contributed by atoms with Gasteiger partial charge in [0.25, 0.3) is 0 Å². The molecule has 20 heavy (non-hydrogen) atoms. The molecule has 0 saturated heterocycles. The van der Waals surface area contributed by atoms with Crippen LogP contribution in [0, 0.1) is 0 Å². The van der Waals surface area contributed by atoms with Crippen LogP contribution in [-0.2, 0) is 6.54 Å². The van der Waals surface area contributed by atoms with E-state index in [1.165, 1.54) is 31.2 Å². The molecule has 0 fully saturated rings. The van der Waals surface area contributed by atoms with E-state index in [1.54, 1.807) is 0 Å². The normalized spacial score (nSPS) is 21.1. The van der Waals surface area contributed by atoms with Gasteiger partial charge in [-0.2, -0.15) is 4.57 Å². The fourth-order valence-corrected chi connectivity index (χ4v) is 3.23. The lowest BCUT2D eigenvalue weighted by molar-refractivity contribution is -0.658. The number of aromatic amines is 1. The molecule has 0 saturated carbocycles. The van der Waals surface area contributed by atoms with Gasteiger partial charge in [0.05, 0.1) is 0 Å². The minimum atomic E-state index is 0.00358. The lowest BCUT2D eigenvalue weighted by Gasteiger charge is -2.23. The van der Waals surface area contributed by atoms with Gasteiger partial charge < -0.3 is 4.74 Å². The predicted octanol–water partition coefficient (Wildman–Crippen LogP) is 3.97. The van der Waals surface area contributed by atoms with Crippen LogP contribution in [-0.4, -0.2) is 10.6 Å². The number of ether oxygens (including phenoxy) is 1. The van der Waals surface area contributed by atoms with Gasteiger partial charge in [0.1, 0.15) is 6.54 Å². The lowest BCUT2D eigenvalue weighted by Crippen LogP contribution is -2.41. The van der Waals surface area contributed by atoms with Crippen LogP contribution in [0.25, 0.3) is 11.0 Å². The SMILES string of the molecule is CCCCCCC1(CC)C[n+]2c([nH]c3ccccc32)O1. The molecule has 1 atom stereocenters. The van der Waals surface area contributed by atoms with Crippen molar-refractivity contribution in [3.05, 3.63) is 24.3 Å². The van der Waals surface area contributed by atoms with Gasteiger partial charge >= 0.3 is 6.01 Å². The highest BCUT2D eigenvalue weighted by Crippen LogP contribution is 2.32. The highest BCUT2D eigenvalue weighted by molar-refractivity contribution is 5.71. The number of unbranched alkanes of at least 4 members (excludes halogenated alkanes) is 3. The molecule has 3 nitrogen and oxygen atoms in total. The molecule has 3 rings (SSSR count). The smallest absolute Gasteiger partial charge is 0.420 e. The molecule has 1 aliphatic heterocycles. The number of H-pyrrole nitrogens is 1. The average Bonchev–Trinajstić information content (AvgIpc) is 2.98. The van der Waals surface area contributed by atoms with Crippen LogP contribution in [0.3, 0.4) is 0 Å². The van der Waals surface area contributed by atoms with Crippen molar-refractivity contribution in [1.82, 2.24) is 4.98 Å². The number of para-hydroxylation sites is 2. The molecule has 0 aliphatic carbocycles. The molecule has 1 aromatic heterocycles. The molecule has 0 amide bonds. The fraction of sp³-hybridized carbons (Fsp3) is 0.588. The van der Waals surface area contributed by atoms with Crippen molar-refractivity contribution in [2.24, 2.45) is 0 Å². The fourth-order valence-electron chi connectivity index (χ4n) is 3.23. The number of rotatable bonds is 6. The summed E-state index contributed by atoms with van der Waals surface area (Å²) in [5.41, 5.74) is 2.42. The Kier molecular flexibility index (Phi) is 3.68. The first kappa shape index (κ1) is 13.5. The Morgan fingerprint density at radius 1 is 1.20 bits per heavy atom. The van der Waals surface area contributed by atoms with Crippen LogP contribution in [0.5, 0.6) is 6.01 Å². The van der Waals surface area contributed by atoms with Crippen molar-refractivity contribution >= 4 is 11.0 Å². The molecular weight excluding hydrogens is 248 g/mol. The van der Waals surface area contributed by atoms with Gasteiger partial charge in [0.15, 0.2) is 16.6 Å². The summed E-state index contributed by atoms with van der Waals surface area (Å²) in [6, 6.07) is 9.37. The topological polar surface area (TPSA) is 28.9 Å². The summed E-state index contributed by atoms with van der Waals surface area (Å²) in [5.74, 6) is 0. The maximum absolute atomic E-state index is 6.32. The Morgan fingerprint density at radius 3 is 2.85 bits per heavy atom. The molecule has 3 heteroatoms. The summed E-state index contributed by atoms with van der Waals surface area (Å²) in [6.45, 7) is 5.48. The molecule has 1 aliphatic rings. The van der Waals surface area contributed by atoms with Crippen molar-refractivity contribution < 1.29 is 9.30 Å². The molecule has 2 aromatic rings. The summed E-state index contributed by atoms with van der Waals surface area (Å²) in [7, 11) is 0. The number of imidazole rings is 1. The Balaban J connectivity index is 1.76. The van der Waals surface area contributed by atoms with E-state index in [0.29, 0.717) is 0 Å². The highest BCUT2D eigenvalue weighted by Gasteiger charge is 2.44. The first-order valence-electron chi connectivity index (χ1n) is 7.97. The van der Waals surface area contributed by atoms with Crippen LogP contribution in [0.1, 0.15) is 52.4 Å². The second-order valence-electron chi connectivity index (χ2n) is 5.98. The molecular formula is C17H25N2O+. The van der Waals surface area contributed by atoms with Gasteiger partial charge in [-0.25, -0.2) is 4.98 Å². The third-order valence-electron chi connectivity index (χ3n) is 4.57. The largest absolute Gasteiger partial charge is 0.455 e. The zero-order chi connectivity index (χ0) is 14.0. The van der Waals surface area contributed by atoms with Crippen molar-refractivity contribution in [3.63, 3.8) is 0 Å². The lowest BCUT2D eigenvalue weighted by atomic mass is 9.93. The van der Waals surface area contributed by atoms with E-state index < -0.39 is 0 Å². The Hall–Kier alpha value is -1.51. The van der Waals surface area contributed by atoms with E-state index in [9.17, 15) is 0 Å². The van der Waals surface area contributed by atoms with Crippen molar-refractivity contribution in [2.45, 2.75) is 64.5 Å².